The third-order valence-electron chi connectivity index (χ3n) is 2.65. The number of β-amino-alcohol motifs (C(OH)–C–C–N with tert-alkyl or cyclic N) is 1. The van der Waals surface area contributed by atoms with E-state index in [1.54, 1.807) is 11.3 Å². The van der Waals surface area contributed by atoms with Gasteiger partial charge in [-0.2, -0.15) is 0 Å². The van der Waals surface area contributed by atoms with Crippen molar-refractivity contribution in [3.8, 4) is 0 Å². The van der Waals surface area contributed by atoms with Gasteiger partial charge in [-0.3, -0.25) is 9.69 Å². The number of hydrogen-bond donors (Lipinski definition) is 2. The van der Waals surface area contributed by atoms with Gasteiger partial charge in [0.1, 0.15) is 0 Å². The summed E-state index contributed by atoms with van der Waals surface area (Å²) in [6.45, 7) is 2.43. The highest BCUT2D eigenvalue weighted by atomic mass is 32.1. The summed E-state index contributed by atoms with van der Waals surface area (Å²) in [5, 5.41) is 14.2. The number of carbonyl (C=O) groups excluding carboxylic acids is 1. The molecule has 2 heterocycles. The van der Waals surface area contributed by atoms with E-state index in [1.807, 2.05) is 22.4 Å². The zero-order valence-corrected chi connectivity index (χ0v) is 9.87. The van der Waals surface area contributed by atoms with Crippen molar-refractivity contribution < 1.29 is 9.90 Å². The second-order valence-electron chi connectivity index (χ2n) is 4.03. The topological polar surface area (TPSA) is 52.6 Å². The van der Waals surface area contributed by atoms with E-state index in [2.05, 4.69) is 5.32 Å². The van der Waals surface area contributed by atoms with Crippen molar-refractivity contribution in [2.24, 2.45) is 0 Å². The first kappa shape index (κ1) is 11.6. The van der Waals surface area contributed by atoms with Gasteiger partial charge < -0.3 is 10.4 Å². The van der Waals surface area contributed by atoms with Crippen molar-refractivity contribution in [1.29, 1.82) is 0 Å². The van der Waals surface area contributed by atoms with Gasteiger partial charge in [-0.15, -0.1) is 11.3 Å². The number of thiophene rings is 1. The lowest BCUT2D eigenvalue weighted by molar-refractivity contribution is -0.122. The maximum atomic E-state index is 11.6. The summed E-state index contributed by atoms with van der Waals surface area (Å²) in [6, 6.07) is 3.98. The molecule has 0 saturated carbocycles. The second kappa shape index (κ2) is 5.43. The van der Waals surface area contributed by atoms with Crippen molar-refractivity contribution >= 4 is 17.2 Å². The fourth-order valence-electron chi connectivity index (χ4n) is 1.81. The van der Waals surface area contributed by atoms with Crippen LogP contribution in [0.2, 0.25) is 0 Å². The molecule has 2 N–H and O–H groups in total. The predicted molar refractivity (Wildman–Crippen MR) is 63.2 cm³/mol. The number of amides is 1. The molecule has 1 amide bonds. The second-order valence-corrected chi connectivity index (χ2v) is 5.07. The maximum absolute atomic E-state index is 11.6. The van der Waals surface area contributed by atoms with Crippen molar-refractivity contribution in [3.63, 3.8) is 0 Å². The zero-order valence-electron chi connectivity index (χ0n) is 9.06. The molecule has 0 bridgehead atoms. The fraction of sp³-hybridized carbons (Fsp3) is 0.545. The Kier molecular flexibility index (Phi) is 3.93. The average molecular weight is 240 g/mol. The van der Waals surface area contributed by atoms with Crippen LogP contribution < -0.4 is 5.32 Å². The maximum Gasteiger partial charge on any atom is 0.234 e. The van der Waals surface area contributed by atoms with Crippen molar-refractivity contribution in [3.05, 3.63) is 22.4 Å². The molecular formula is C11H16N2O2S. The summed E-state index contributed by atoms with van der Waals surface area (Å²) in [5.41, 5.74) is 0. The Morgan fingerprint density at radius 3 is 3.19 bits per heavy atom. The molecule has 4 nitrogen and oxygen atoms in total. The molecule has 88 valence electrons. The lowest BCUT2D eigenvalue weighted by Crippen LogP contribution is -2.36. The van der Waals surface area contributed by atoms with Gasteiger partial charge in [-0.1, -0.05) is 6.07 Å². The first-order valence-electron chi connectivity index (χ1n) is 5.43. The van der Waals surface area contributed by atoms with Crippen molar-refractivity contribution in [1.82, 2.24) is 10.2 Å². The van der Waals surface area contributed by atoms with E-state index in [0.29, 0.717) is 19.6 Å². The van der Waals surface area contributed by atoms with E-state index in [1.165, 1.54) is 0 Å². The molecule has 1 aliphatic heterocycles. The molecule has 1 unspecified atom stereocenters. The largest absolute Gasteiger partial charge is 0.392 e. The van der Waals surface area contributed by atoms with Crippen LogP contribution >= 0.6 is 11.3 Å². The molecule has 0 aromatic carbocycles. The third kappa shape index (κ3) is 3.30. The number of nitrogens with zero attached hydrogens (tertiary/aromatic N) is 1. The Morgan fingerprint density at radius 2 is 2.56 bits per heavy atom. The molecule has 1 aromatic heterocycles. The minimum atomic E-state index is -0.259. The van der Waals surface area contributed by atoms with E-state index >= 15 is 0 Å². The van der Waals surface area contributed by atoms with E-state index < -0.39 is 0 Å². The monoisotopic (exact) mass is 240 g/mol. The van der Waals surface area contributed by atoms with E-state index in [9.17, 15) is 9.90 Å². The lowest BCUT2D eigenvalue weighted by atomic mass is 10.3. The molecule has 2 rings (SSSR count). The van der Waals surface area contributed by atoms with Crippen LogP contribution in [0, 0.1) is 0 Å². The number of likely N-dealkylation sites (tertiary alicyclic amines) is 1. The molecule has 0 spiro atoms. The Morgan fingerprint density at radius 1 is 1.69 bits per heavy atom. The number of carbonyl (C=O) groups is 1. The smallest absolute Gasteiger partial charge is 0.234 e. The fourth-order valence-corrected chi connectivity index (χ4v) is 2.46. The number of rotatable bonds is 4. The Labute approximate surface area is 98.9 Å². The highest BCUT2D eigenvalue weighted by Crippen LogP contribution is 2.09. The van der Waals surface area contributed by atoms with Gasteiger partial charge in [0, 0.05) is 18.0 Å². The molecule has 1 saturated heterocycles. The first-order chi connectivity index (χ1) is 7.74. The van der Waals surface area contributed by atoms with Crippen LogP contribution in [0.15, 0.2) is 17.5 Å². The van der Waals surface area contributed by atoms with E-state index in [-0.39, 0.29) is 12.0 Å². The molecule has 1 atom stereocenters. The normalized spacial score (nSPS) is 21.2. The number of hydrogen-bond acceptors (Lipinski definition) is 4. The van der Waals surface area contributed by atoms with Crippen LogP contribution in [-0.4, -0.2) is 41.7 Å². The van der Waals surface area contributed by atoms with Gasteiger partial charge in [0.15, 0.2) is 0 Å². The van der Waals surface area contributed by atoms with Crippen molar-refractivity contribution in [2.75, 3.05) is 19.6 Å². The van der Waals surface area contributed by atoms with Gasteiger partial charge in [0.05, 0.1) is 19.2 Å². The van der Waals surface area contributed by atoms with Crippen molar-refractivity contribution in [2.45, 2.75) is 19.1 Å². The molecule has 1 aliphatic rings. The van der Waals surface area contributed by atoms with Crippen LogP contribution in [-0.2, 0) is 11.3 Å². The first-order valence-corrected chi connectivity index (χ1v) is 6.31. The minimum absolute atomic E-state index is 0.0301. The van der Waals surface area contributed by atoms with Crippen LogP contribution in [0.3, 0.4) is 0 Å². The third-order valence-corrected chi connectivity index (χ3v) is 3.53. The highest BCUT2D eigenvalue weighted by Gasteiger charge is 2.21. The summed E-state index contributed by atoms with van der Waals surface area (Å²) >= 11 is 1.64. The SMILES string of the molecule is O=C(CN1CCC(O)C1)NCc1cccs1. The Bertz CT molecular complexity index is 340. The molecule has 0 aliphatic carbocycles. The predicted octanol–water partition coefficient (Wildman–Crippen LogP) is 0.431. The summed E-state index contributed by atoms with van der Waals surface area (Å²) in [7, 11) is 0. The Hall–Kier alpha value is -0.910. The van der Waals surface area contributed by atoms with Gasteiger partial charge in [0.25, 0.3) is 0 Å². The van der Waals surface area contributed by atoms with Gasteiger partial charge >= 0.3 is 0 Å². The van der Waals surface area contributed by atoms with Crippen LogP contribution in [0.25, 0.3) is 0 Å². The van der Waals surface area contributed by atoms with Crippen LogP contribution in [0.4, 0.5) is 0 Å². The Balaban J connectivity index is 1.68. The van der Waals surface area contributed by atoms with Gasteiger partial charge in [-0.25, -0.2) is 0 Å². The minimum Gasteiger partial charge on any atom is -0.392 e. The summed E-state index contributed by atoms with van der Waals surface area (Å²) in [4.78, 5) is 14.7. The quantitative estimate of drug-likeness (QED) is 0.802. The number of nitrogens with one attached hydrogen (secondary N) is 1. The van der Waals surface area contributed by atoms with Crippen LogP contribution in [0.5, 0.6) is 0 Å². The average Bonchev–Trinajstić information content (AvgIpc) is 2.87. The van der Waals surface area contributed by atoms with Gasteiger partial charge in [-0.05, 0) is 17.9 Å². The highest BCUT2D eigenvalue weighted by molar-refractivity contribution is 7.09. The molecule has 0 radical (unpaired) electrons. The van der Waals surface area contributed by atoms with E-state index in [0.717, 1.165) is 17.8 Å². The van der Waals surface area contributed by atoms with Gasteiger partial charge in [0.2, 0.25) is 5.91 Å². The molecular weight excluding hydrogens is 224 g/mol. The molecule has 1 fully saturated rings. The summed E-state index contributed by atoms with van der Waals surface area (Å²) in [5.74, 6) is 0.0301. The molecule has 1 aromatic rings. The zero-order chi connectivity index (χ0) is 11.4. The van der Waals surface area contributed by atoms with E-state index in [4.69, 9.17) is 0 Å². The molecule has 5 heteroatoms. The van der Waals surface area contributed by atoms with Crippen LogP contribution in [0.1, 0.15) is 11.3 Å². The lowest BCUT2D eigenvalue weighted by Gasteiger charge is -2.13. The summed E-state index contributed by atoms with van der Waals surface area (Å²) < 4.78 is 0. The molecule has 16 heavy (non-hydrogen) atoms. The number of aliphatic hydroxyl groups is 1. The summed E-state index contributed by atoms with van der Waals surface area (Å²) in [6.07, 6.45) is 0.517. The standard InChI is InChI=1S/C11H16N2O2S/c14-9-3-4-13(7-9)8-11(15)12-6-10-2-1-5-16-10/h1-2,5,9,14H,3-4,6-8H2,(H,12,15). The number of aliphatic hydroxyl groups excluding tert-OH is 1.